The van der Waals surface area contributed by atoms with Crippen LogP contribution in [0, 0.1) is 0 Å². The molecule has 292 valence electrons. The van der Waals surface area contributed by atoms with Crippen molar-refractivity contribution in [2.24, 2.45) is 0 Å². The van der Waals surface area contributed by atoms with Gasteiger partial charge in [-0.15, -0.1) is 0 Å². The van der Waals surface area contributed by atoms with E-state index in [0.29, 0.717) is 0 Å². The first-order valence-electron chi connectivity index (χ1n) is 16.0. The van der Waals surface area contributed by atoms with Gasteiger partial charge in [0.05, 0.1) is 0 Å². The minimum Gasteiger partial charge on any atom is -0.463 e. The second-order valence-corrected chi connectivity index (χ2v) is 11.6. The zero-order valence-electron chi connectivity index (χ0n) is 29.6. The molecule has 2 aromatic heterocycles. The highest BCUT2D eigenvalue weighted by Crippen LogP contribution is 2.35. The second kappa shape index (κ2) is 17.5. The Morgan fingerprint density at radius 1 is 0.574 bits per heavy atom. The highest BCUT2D eigenvalue weighted by atomic mass is 16.7. The fraction of sp³-hybridized carbons (Fsp3) is 0.516. The van der Waals surface area contributed by atoms with Crippen molar-refractivity contribution < 1.29 is 71.5 Å². The van der Waals surface area contributed by atoms with Crippen LogP contribution in [0.25, 0.3) is 0 Å². The standard InChI is InChI=1S/C31H36N6O17/c1-13(38)47-11-19-23(49-15(3)40)25(51-17(5)42)27(53-19)36-9-7-21(34-30(36)45)32-29(44)33-22-8-10-37(31(46)35-22)28-26(52-18(6)43)24(50-16(4)41)20(54-28)12-48-14(2)39/h7-10,19-20,23-28H,11-12H2,1-6H3,(H2,32,33,34,35,44,45,46)/t19-,20+,23+,24-,25+,26-,27-,28+. The van der Waals surface area contributed by atoms with Crippen molar-refractivity contribution in [3.05, 3.63) is 45.5 Å². The van der Waals surface area contributed by atoms with Gasteiger partial charge in [-0.25, -0.2) is 14.4 Å². The van der Waals surface area contributed by atoms with E-state index in [1.165, 1.54) is 12.1 Å². The Bertz CT molecular complexity index is 1780. The van der Waals surface area contributed by atoms with E-state index in [1.807, 2.05) is 0 Å². The molecule has 0 spiro atoms. The minimum atomic E-state index is -1.40. The monoisotopic (exact) mass is 764 g/mol. The zero-order valence-corrected chi connectivity index (χ0v) is 29.6. The van der Waals surface area contributed by atoms with Gasteiger partial charge in [-0.2, -0.15) is 9.97 Å². The molecule has 4 rings (SSSR count). The van der Waals surface area contributed by atoms with Gasteiger partial charge in [0.15, 0.2) is 36.9 Å². The third kappa shape index (κ3) is 10.4. The Labute approximate surface area is 304 Å². The molecule has 2 N–H and O–H groups in total. The van der Waals surface area contributed by atoms with Crippen LogP contribution in [0.5, 0.6) is 0 Å². The first-order valence-corrected chi connectivity index (χ1v) is 16.0. The largest absolute Gasteiger partial charge is 0.463 e. The van der Waals surface area contributed by atoms with Gasteiger partial charge in [0.1, 0.15) is 37.1 Å². The van der Waals surface area contributed by atoms with Gasteiger partial charge in [0.25, 0.3) is 0 Å². The summed E-state index contributed by atoms with van der Waals surface area (Å²) < 4.78 is 44.6. The summed E-state index contributed by atoms with van der Waals surface area (Å²) in [5.74, 6) is -5.05. The molecule has 0 bridgehead atoms. The van der Waals surface area contributed by atoms with Crippen LogP contribution in [0.4, 0.5) is 16.4 Å². The zero-order chi connectivity index (χ0) is 39.9. The molecule has 0 saturated carbocycles. The van der Waals surface area contributed by atoms with Crippen LogP contribution >= 0.6 is 0 Å². The van der Waals surface area contributed by atoms with Crippen LogP contribution in [-0.2, 0) is 66.7 Å². The maximum Gasteiger partial charge on any atom is 0.351 e. The Morgan fingerprint density at radius 3 is 1.20 bits per heavy atom. The highest BCUT2D eigenvalue weighted by Gasteiger charge is 2.52. The van der Waals surface area contributed by atoms with Crippen molar-refractivity contribution in [2.75, 3.05) is 23.8 Å². The predicted molar refractivity (Wildman–Crippen MR) is 173 cm³/mol. The fourth-order valence-corrected chi connectivity index (χ4v) is 5.45. The average molecular weight is 765 g/mol. The van der Waals surface area contributed by atoms with Gasteiger partial charge in [-0.05, 0) is 12.1 Å². The van der Waals surface area contributed by atoms with Gasteiger partial charge >= 0.3 is 53.2 Å². The molecule has 8 atom stereocenters. The van der Waals surface area contributed by atoms with Crippen LogP contribution < -0.4 is 22.0 Å². The molecule has 0 aliphatic carbocycles. The van der Waals surface area contributed by atoms with E-state index < -0.39 is 116 Å². The number of nitrogens with zero attached hydrogens (tertiary/aromatic N) is 4. The maximum atomic E-state index is 13.1. The lowest BCUT2D eigenvalue weighted by molar-refractivity contribution is -0.166. The number of anilines is 2. The summed E-state index contributed by atoms with van der Waals surface area (Å²) >= 11 is 0. The second-order valence-electron chi connectivity index (χ2n) is 11.6. The normalized spacial score (nSPS) is 24.4. The van der Waals surface area contributed by atoms with Gasteiger partial charge < -0.3 is 37.9 Å². The van der Waals surface area contributed by atoms with Crippen LogP contribution in [0.1, 0.15) is 54.0 Å². The Hall–Kier alpha value is -6.23. The lowest BCUT2D eigenvalue weighted by Gasteiger charge is -2.24. The summed E-state index contributed by atoms with van der Waals surface area (Å²) in [4.78, 5) is 117. The van der Waals surface area contributed by atoms with E-state index >= 15 is 0 Å². The van der Waals surface area contributed by atoms with Gasteiger partial charge in [0.2, 0.25) is 0 Å². The molecule has 2 aliphatic rings. The van der Waals surface area contributed by atoms with Crippen molar-refractivity contribution >= 4 is 53.5 Å². The van der Waals surface area contributed by atoms with Gasteiger partial charge in [-0.1, -0.05) is 0 Å². The van der Waals surface area contributed by atoms with E-state index in [2.05, 4.69) is 20.6 Å². The minimum absolute atomic E-state index is 0.281. The molecule has 2 aromatic rings. The number of hydrogen-bond donors (Lipinski definition) is 2. The van der Waals surface area contributed by atoms with Gasteiger partial charge in [0, 0.05) is 53.9 Å². The van der Waals surface area contributed by atoms with Crippen LogP contribution in [0.3, 0.4) is 0 Å². The molecule has 2 aliphatic heterocycles. The smallest absolute Gasteiger partial charge is 0.351 e. The highest BCUT2D eigenvalue weighted by molar-refractivity contribution is 5.98. The quantitative estimate of drug-likeness (QED) is 0.195. The Kier molecular flexibility index (Phi) is 13.2. The number of urea groups is 1. The lowest BCUT2D eigenvalue weighted by Crippen LogP contribution is -2.42. The third-order valence-corrected chi connectivity index (χ3v) is 7.37. The number of nitrogens with one attached hydrogen (secondary N) is 2. The number of carbonyl (C=O) groups excluding carboxylic acids is 7. The number of aromatic nitrogens is 4. The molecular formula is C31H36N6O17. The number of amides is 2. The summed E-state index contributed by atoms with van der Waals surface area (Å²) in [6, 6.07) is 1.36. The molecule has 23 heteroatoms. The van der Waals surface area contributed by atoms with Crippen LogP contribution in [0.15, 0.2) is 34.1 Å². The number of esters is 6. The molecule has 4 heterocycles. The SMILES string of the molecule is CC(=O)OC[C@@H]1O[C@H](n2ccc(NC(=O)Nc3ccn([C@@H]4O[C@H](COC(C)=O)[C@H](OC(C)=O)[C@@H]4OC(C)=O)c(=O)n3)nc2=O)[C@H](OC(C)=O)[C@@H]1OC(C)=O. The molecule has 2 saturated heterocycles. The van der Waals surface area contributed by atoms with Crippen molar-refractivity contribution in [3.63, 3.8) is 0 Å². The van der Waals surface area contributed by atoms with E-state index in [9.17, 15) is 43.2 Å². The van der Waals surface area contributed by atoms with E-state index in [4.69, 9.17) is 37.9 Å². The molecule has 2 fully saturated rings. The van der Waals surface area contributed by atoms with E-state index in [1.54, 1.807) is 0 Å². The van der Waals surface area contributed by atoms with Crippen molar-refractivity contribution in [1.82, 2.24) is 19.1 Å². The first-order chi connectivity index (χ1) is 25.4. The number of hydrogen-bond acceptors (Lipinski definition) is 19. The molecule has 0 unspecified atom stereocenters. The van der Waals surface area contributed by atoms with Crippen LogP contribution in [-0.4, -0.2) is 111 Å². The molecule has 0 radical (unpaired) electrons. The predicted octanol–water partition coefficient (Wildman–Crippen LogP) is -0.908. The number of carbonyl (C=O) groups is 7. The summed E-state index contributed by atoms with van der Waals surface area (Å²) in [6.07, 6.45) is -8.09. The molecule has 2 amide bonds. The van der Waals surface area contributed by atoms with E-state index in [-0.39, 0.29) is 11.6 Å². The van der Waals surface area contributed by atoms with Crippen LogP contribution in [0.2, 0.25) is 0 Å². The topological polar surface area (TPSA) is 287 Å². The maximum absolute atomic E-state index is 13.1. The Balaban J connectivity index is 1.50. The van der Waals surface area contributed by atoms with Crippen molar-refractivity contribution in [1.29, 1.82) is 0 Å². The summed E-state index contributed by atoms with van der Waals surface area (Å²) in [5, 5.41) is 4.58. The van der Waals surface area contributed by atoms with E-state index in [0.717, 1.165) is 63.1 Å². The molecule has 23 nitrogen and oxygen atoms in total. The van der Waals surface area contributed by atoms with Crippen molar-refractivity contribution in [3.8, 4) is 0 Å². The summed E-state index contributed by atoms with van der Waals surface area (Å²) in [7, 11) is 0. The summed E-state index contributed by atoms with van der Waals surface area (Å²) in [5.41, 5.74) is -2.02. The lowest BCUT2D eigenvalue weighted by atomic mass is 10.1. The molecule has 0 aromatic carbocycles. The number of rotatable bonds is 12. The number of ether oxygens (including phenoxy) is 8. The Morgan fingerprint density at radius 2 is 0.907 bits per heavy atom. The van der Waals surface area contributed by atoms with Crippen molar-refractivity contribution in [2.45, 2.75) is 90.6 Å². The third-order valence-electron chi connectivity index (χ3n) is 7.37. The molecule has 54 heavy (non-hydrogen) atoms. The fourth-order valence-electron chi connectivity index (χ4n) is 5.45. The molecular weight excluding hydrogens is 728 g/mol. The first kappa shape index (κ1) is 40.5. The summed E-state index contributed by atoms with van der Waals surface area (Å²) in [6.45, 7) is 5.81. The van der Waals surface area contributed by atoms with Gasteiger partial charge in [-0.3, -0.25) is 48.5 Å². The average Bonchev–Trinajstić information content (AvgIpc) is 3.54.